The van der Waals surface area contributed by atoms with Gasteiger partial charge in [0.25, 0.3) is 5.69 Å². The largest absolute Gasteiger partial charge is 0.372 e. The highest BCUT2D eigenvalue weighted by Crippen LogP contribution is 2.41. The van der Waals surface area contributed by atoms with Crippen molar-refractivity contribution in [1.29, 1.82) is 0 Å². The third-order valence-electron chi connectivity index (χ3n) is 9.83. The van der Waals surface area contributed by atoms with Crippen LogP contribution >= 0.6 is 22.6 Å². The van der Waals surface area contributed by atoms with E-state index < -0.39 is 8.07 Å². The van der Waals surface area contributed by atoms with Gasteiger partial charge in [0.15, 0.2) is 0 Å². The second-order valence-electron chi connectivity index (χ2n) is 14.3. The Labute approximate surface area is 320 Å². The molecule has 272 valence electrons. The van der Waals surface area contributed by atoms with Crippen LogP contribution in [0.25, 0.3) is 0 Å². The fraction of sp³-hybridized carbons (Fsp3) is 0.581. The summed E-state index contributed by atoms with van der Waals surface area (Å²) in [7, 11) is -1.96. The standard InChI is InChI=1S/C43H62IN3O2Si/c1-11-15-26-45(27-16-12-2)40-24-23-37(38(31-40)25-30-50(34(5)6,35(7)8)36(9)10)21-19-20-22-39-32-42(43(47(48)49)33-41(39)44)46(28-17-13-3)29-18-14-4/h23-24,31-36H,11-18,26-29H2,1-10H3. The first kappa shape index (κ1) is 43.2. The van der Waals surface area contributed by atoms with Crippen LogP contribution in [0.3, 0.4) is 0 Å². The van der Waals surface area contributed by atoms with Gasteiger partial charge in [0.2, 0.25) is 0 Å². The van der Waals surface area contributed by atoms with E-state index in [0.29, 0.717) is 22.3 Å². The van der Waals surface area contributed by atoms with Crippen molar-refractivity contribution in [2.45, 2.75) is 137 Å². The molecule has 2 aromatic rings. The Kier molecular flexibility index (Phi) is 19.1. The molecule has 0 saturated heterocycles. The topological polar surface area (TPSA) is 49.6 Å². The van der Waals surface area contributed by atoms with Crippen LogP contribution in [-0.4, -0.2) is 39.2 Å². The molecule has 2 rings (SSSR count). The Balaban J connectivity index is 2.71. The number of nitro groups is 1. The Hall–Kier alpha value is -2.93. The van der Waals surface area contributed by atoms with Gasteiger partial charge >= 0.3 is 0 Å². The third kappa shape index (κ3) is 12.1. The van der Waals surface area contributed by atoms with Crippen molar-refractivity contribution in [3.05, 3.63) is 60.7 Å². The maximum absolute atomic E-state index is 12.1. The number of benzene rings is 2. The van der Waals surface area contributed by atoms with Gasteiger partial charge in [-0.1, -0.05) is 113 Å². The van der Waals surface area contributed by atoms with Crippen LogP contribution in [-0.2, 0) is 0 Å². The molecule has 0 bridgehead atoms. The molecule has 0 spiro atoms. The summed E-state index contributed by atoms with van der Waals surface area (Å²) >= 11 is 2.16. The van der Waals surface area contributed by atoms with Crippen molar-refractivity contribution in [1.82, 2.24) is 0 Å². The molecule has 2 aromatic carbocycles. The Morgan fingerprint density at radius 2 is 1.16 bits per heavy atom. The molecule has 0 heterocycles. The van der Waals surface area contributed by atoms with Gasteiger partial charge < -0.3 is 9.80 Å². The van der Waals surface area contributed by atoms with Gasteiger partial charge in [-0.15, -0.1) is 5.54 Å². The van der Waals surface area contributed by atoms with Crippen molar-refractivity contribution in [3.63, 3.8) is 0 Å². The predicted octanol–water partition coefficient (Wildman–Crippen LogP) is 12.0. The molecule has 0 fully saturated rings. The predicted molar refractivity (Wildman–Crippen MR) is 228 cm³/mol. The molecule has 0 N–H and O–H groups in total. The molecular formula is C43H62IN3O2Si. The summed E-state index contributed by atoms with van der Waals surface area (Å²) in [5.41, 5.74) is 10.2. The maximum atomic E-state index is 12.1. The van der Waals surface area contributed by atoms with Crippen molar-refractivity contribution >= 4 is 47.7 Å². The molecule has 0 radical (unpaired) electrons. The summed E-state index contributed by atoms with van der Waals surface area (Å²) in [6.45, 7) is 26.5. The second-order valence-corrected chi connectivity index (χ2v) is 21.1. The lowest BCUT2D eigenvalue weighted by Crippen LogP contribution is -2.43. The smallest absolute Gasteiger partial charge is 0.293 e. The first-order valence-electron chi connectivity index (χ1n) is 19.0. The maximum Gasteiger partial charge on any atom is 0.293 e. The number of hydrogen-bond acceptors (Lipinski definition) is 4. The van der Waals surface area contributed by atoms with Crippen LogP contribution in [0, 0.1) is 48.8 Å². The summed E-state index contributed by atoms with van der Waals surface area (Å²) in [5, 5.41) is 12.1. The van der Waals surface area contributed by atoms with Crippen LogP contribution in [0.1, 0.15) is 137 Å². The van der Waals surface area contributed by atoms with E-state index in [9.17, 15) is 10.1 Å². The quantitative estimate of drug-likeness (QED) is 0.0495. The average Bonchev–Trinajstić information content (AvgIpc) is 3.07. The zero-order chi connectivity index (χ0) is 37.3. The molecular weight excluding hydrogens is 745 g/mol. The van der Waals surface area contributed by atoms with E-state index in [2.05, 4.69) is 155 Å². The number of nitrogens with zero attached hydrogens (tertiary/aromatic N) is 3. The van der Waals surface area contributed by atoms with Gasteiger partial charge in [0.1, 0.15) is 13.8 Å². The van der Waals surface area contributed by atoms with Crippen LogP contribution < -0.4 is 9.80 Å². The third-order valence-corrected chi connectivity index (χ3v) is 17.0. The number of halogens is 1. The molecule has 0 aromatic heterocycles. The normalized spacial score (nSPS) is 11.1. The summed E-state index contributed by atoms with van der Waals surface area (Å²) in [6, 6.07) is 10.1. The van der Waals surface area contributed by atoms with Crippen molar-refractivity contribution in [2.75, 3.05) is 36.0 Å². The molecule has 0 unspecified atom stereocenters. The summed E-state index contributed by atoms with van der Waals surface area (Å²) in [5.74, 6) is 16.5. The molecule has 0 saturated carbocycles. The Morgan fingerprint density at radius 1 is 0.680 bits per heavy atom. The van der Waals surface area contributed by atoms with Gasteiger partial charge in [-0.05, 0) is 101 Å². The zero-order valence-corrected chi connectivity index (χ0v) is 35.8. The van der Waals surface area contributed by atoms with Crippen molar-refractivity contribution in [3.8, 4) is 35.1 Å². The van der Waals surface area contributed by atoms with Gasteiger partial charge in [0, 0.05) is 58.2 Å². The Bertz CT molecular complexity index is 1540. The Morgan fingerprint density at radius 3 is 1.62 bits per heavy atom. The van der Waals surface area contributed by atoms with Crippen LogP contribution in [0.2, 0.25) is 16.6 Å². The molecule has 0 aliphatic carbocycles. The SMILES string of the molecule is CCCCN(CCCC)c1ccc(C#CC#Cc2cc(N(CCCC)CCCC)c([N+](=O)[O-])cc2I)c(C#C[Si](C(C)C)(C(C)C)C(C)C)c1. The number of nitro benzene ring substituents is 1. The van der Waals surface area contributed by atoms with Gasteiger partial charge in [-0.2, -0.15) is 0 Å². The lowest BCUT2D eigenvalue weighted by molar-refractivity contribution is -0.384. The summed E-state index contributed by atoms with van der Waals surface area (Å²) in [4.78, 5) is 16.5. The molecule has 0 aliphatic rings. The van der Waals surface area contributed by atoms with E-state index in [4.69, 9.17) is 0 Å². The number of rotatable bonds is 18. The highest BCUT2D eigenvalue weighted by molar-refractivity contribution is 14.1. The molecule has 0 amide bonds. The van der Waals surface area contributed by atoms with Crippen molar-refractivity contribution < 1.29 is 4.92 Å². The van der Waals surface area contributed by atoms with E-state index in [1.54, 1.807) is 6.07 Å². The second kappa shape index (κ2) is 22.1. The number of anilines is 2. The van der Waals surface area contributed by atoms with Gasteiger partial charge in [-0.25, -0.2) is 0 Å². The zero-order valence-electron chi connectivity index (χ0n) is 32.6. The molecule has 7 heteroatoms. The van der Waals surface area contributed by atoms with Crippen LogP contribution in [0.4, 0.5) is 17.1 Å². The number of unbranched alkanes of at least 4 members (excludes halogenated alkanes) is 4. The lowest BCUT2D eigenvalue weighted by atomic mass is 10.1. The van der Waals surface area contributed by atoms with E-state index in [-0.39, 0.29) is 10.6 Å². The van der Waals surface area contributed by atoms with E-state index in [1.807, 2.05) is 6.07 Å². The van der Waals surface area contributed by atoms with Crippen molar-refractivity contribution in [2.24, 2.45) is 0 Å². The molecule has 50 heavy (non-hydrogen) atoms. The van der Waals surface area contributed by atoms with Gasteiger partial charge in [0.05, 0.1) is 4.92 Å². The minimum absolute atomic E-state index is 0.136. The first-order chi connectivity index (χ1) is 23.9. The van der Waals surface area contributed by atoms with Crippen LogP contribution in [0.15, 0.2) is 30.3 Å². The number of hydrogen-bond donors (Lipinski definition) is 0. The monoisotopic (exact) mass is 807 g/mol. The lowest BCUT2D eigenvalue weighted by Gasteiger charge is -2.38. The fourth-order valence-corrected chi connectivity index (χ4v) is 12.7. The first-order valence-corrected chi connectivity index (χ1v) is 22.4. The van der Waals surface area contributed by atoms with E-state index >= 15 is 0 Å². The highest BCUT2D eigenvalue weighted by atomic mass is 127. The molecule has 0 atom stereocenters. The minimum atomic E-state index is -1.96. The van der Waals surface area contributed by atoms with E-state index in [0.717, 1.165) is 97.8 Å². The summed E-state index contributed by atoms with van der Waals surface area (Å²) in [6.07, 6.45) is 8.65. The fourth-order valence-electron chi connectivity index (χ4n) is 6.91. The molecule has 5 nitrogen and oxygen atoms in total. The summed E-state index contributed by atoms with van der Waals surface area (Å²) < 4.78 is 0.755. The van der Waals surface area contributed by atoms with E-state index in [1.165, 1.54) is 5.69 Å². The average molecular weight is 808 g/mol. The minimum Gasteiger partial charge on any atom is -0.372 e. The van der Waals surface area contributed by atoms with Crippen LogP contribution in [0.5, 0.6) is 0 Å². The highest BCUT2D eigenvalue weighted by Gasteiger charge is 2.41. The molecule has 0 aliphatic heterocycles. The van der Waals surface area contributed by atoms with Gasteiger partial charge in [-0.3, -0.25) is 10.1 Å².